The number of aryl methyl sites for hydroxylation is 4. The molecule has 0 amide bonds. The number of benzene rings is 2. The third kappa shape index (κ3) is 16.7. The first-order valence-electron chi connectivity index (χ1n) is 10.4. The van der Waals surface area contributed by atoms with E-state index in [1.54, 1.807) is 0 Å². The van der Waals surface area contributed by atoms with Crippen LogP contribution in [0.1, 0.15) is 22.3 Å². The summed E-state index contributed by atoms with van der Waals surface area (Å²) in [6.07, 6.45) is 0. The minimum atomic E-state index is -4.67. The van der Waals surface area contributed by atoms with Crippen molar-refractivity contribution >= 4 is 22.3 Å². The van der Waals surface area contributed by atoms with Crippen molar-refractivity contribution in [3.05, 3.63) is 58.7 Å². The van der Waals surface area contributed by atoms with Crippen LogP contribution in [0.5, 0.6) is 11.5 Å². The van der Waals surface area contributed by atoms with E-state index in [9.17, 15) is 0 Å². The van der Waals surface area contributed by atoms with Gasteiger partial charge in [-0.05, 0) is 49.9 Å². The Bertz CT molecular complexity index is 962. The Morgan fingerprint density at radius 2 is 0.971 bits per heavy atom. The van der Waals surface area contributed by atoms with Crippen LogP contribution in [0.15, 0.2) is 46.4 Å². The van der Waals surface area contributed by atoms with Crippen molar-refractivity contribution in [3.8, 4) is 11.5 Å². The standard InChI is InChI=1S/2C11H17N3O.H2O4S/c2*1-8-4-3-5-9(2)10(8)15-7-6-14-11(12)13;1-5(2,3)4/h2*3-5H,6-7H2,1-2H3,(H4,12,13,14);(H2,1,2,3,4). The van der Waals surface area contributed by atoms with Crippen molar-refractivity contribution in [1.82, 2.24) is 0 Å². The minimum absolute atomic E-state index is 0.0973. The molecule has 0 spiro atoms. The van der Waals surface area contributed by atoms with Crippen LogP contribution in [0, 0.1) is 27.7 Å². The van der Waals surface area contributed by atoms with E-state index in [4.69, 9.17) is 49.9 Å². The Labute approximate surface area is 206 Å². The first kappa shape index (κ1) is 31.4. The summed E-state index contributed by atoms with van der Waals surface area (Å²) in [5.74, 6) is 2.03. The topological polar surface area (TPSA) is 222 Å². The molecule has 0 unspecified atom stereocenters. The fourth-order valence-corrected chi connectivity index (χ4v) is 2.70. The van der Waals surface area contributed by atoms with Crippen LogP contribution in [-0.2, 0) is 10.4 Å². The van der Waals surface area contributed by atoms with Gasteiger partial charge in [-0.2, -0.15) is 8.42 Å². The van der Waals surface area contributed by atoms with E-state index in [0.717, 1.165) is 33.8 Å². The summed E-state index contributed by atoms with van der Waals surface area (Å²) < 4.78 is 42.8. The normalized spacial score (nSPS) is 10.0. The molecule has 0 radical (unpaired) electrons. The van der Waals surface area contributed by atoms with E-state index in [-0.39, 0.29) is 11.9 Å². The molecule has 0 aliphatic carbocycles. The zero-order valence-electron chi connectivity index (χ0n) is 20.4. The molecule has 0 saturated carbocycles. The van der Waals surface area contributed by atoms with Crippen molar-refractivity contribution in [2.24, 2.45) is 32.9 Å². The number of nitrogens with two attached hydrogens (primary N) is 4. The highest BCUT2D eigenvalue weighted by Gasteiger charge is 2.02. The van der Waals surface area contributed by atoms with Crippen molar-refractivity contribution in [2.45, 2.75) is 27.7 Å². The summed E-state index contributed by atoms with van der Waals surface area (Å²) in [5, 5.41) is 0. The number of ether oxygens (including phenoxy) is 2. The smallest absolute Gasteiger partial charge is 0.394 e. The molecule has 2 aromatic carbocycles. The van der Waals surface area contributed by atoms with Crippen molar-refractivity contribution in [1.29, 1.82) is 0 Å². The average Bonchev–Trinajstić information content (AvgIpc) is 2.71. The quantitative estimate of drug-likeness (QED) is 0.128. The summed E-state index contributed by atoms with van der Waals surface area (Å²) in [4.78, 5) is 7.69. The second kappa shape index (κ2) is 16.1. The molecule has 13 heteroatoms. The minimum Gasteiger partial charge on any atom is -0.491 e. The molecule has 0 bridgehead atoms. The van der Waals surface area contributed by atoms with Crippen LogP contribution in [0.25, 0.3) is 0 Å². The largest absolute Gasteiger partial charge is 0.491 e. The molecule has 2 rings (SSSR count). The Morgan fingerprint density at radius 3 is 1.20 bits per heavy atom. The fraction of sp³-hybridized carbons (Fsp3) is 0.364. The fourth-order valence-electron chi connectivity index (χ4n) is 2.70. The molecule has 2 aromatic rings. The third-order valence-electron chi connectivity index (χ3n) is 4.08. The molecule has 0 saturated heterocycles. The van der Waals surface area contributed by atoms with E-state index < -0.39 is 10.4 Å². The molecule has 0 atom stereocenters. The zero-order valence-corrected chi connectivity index (χ0v) is 21.2. The lowest BCUT2D eigenvalue weighted by Gasteiger charge is -2.10. The monoisotopic (exact) mass is 512 g/mol. The number of guanidine groups is 2. The van der Waals surface area contributed by atoms with E-state index >= 15 is 0 Å². The van der Waals surface area contributed by atoms with Gasteiger partial charge in [0.15, 0.2) is 11.9 Å². The van der Waals surface area contributed by atoms with E-state index in [2.05, 4.69) is 9.98 Å². The van der Waals surface area contributed by atoms with Gasteiger partial charge >= 0.3 is 10.4 Å². The zero-order chi connectivity index (χ0) is 27.0. The lowest BCUT2D eigenvalue weighted by atomic mass is 10.1. The molecule has 12 nitrogen and oxygen atoms in total. The SMILES string of the molecule is Cc1cccc(C)c1OCCN=C(N)N.Cc1cccc(C)c1OCCN=C(N)N.O=S(=O)(O)O. The lowest BCUT2D eigenvalue weighted by molar-refractivity contribution is 0.324. The number of hydrogen-bond acceptors (Lipinski definition) is 6. The number of hydrogen-bond donors (Lipinski definition) is 6. The van der Waals surface area contributed by atoms with Crippen molar-refractivity contribution in [2.75, 3.05) is 26.3 Å². The van der Waals surface area contributed by atoms with Crippen LogP contribution in [0.2, 0.25) is 0 Å². The lowest BCUT2D eigenvalue weighted by Crippen LogP contribution is -2.23. The Morgan fingerprint density at radius 1 is 0.714 bits per heavy atom. The van der Waals surface area contributed by atoms with Gasteiger partial charge < -0.3 is 32.4 Å². The number of nitrogens with zero attached hydrogens (tertiary/aromatic N) is 2. The van der Waals surface area contributed by atoms with Gasteiger partial charge in [0.05, 0.1) is 13.1 Å². The van der Waals surface area contributed by atoms with Gasteiger partial charge in [-0.1, -0.05) is 36.4 Å². The maximum absolute atomic E-state index is 8.74. The third-order valence-corrected chi connectivity index (χ3v) is 4.08. The van der Waals surface area contributed by atoms with Crippen LogP contribution in [0.4, 0.5) is 0 Å². The average molecular weight is 513 g/mol. The van der Waals surface area contributed by atoms with E-state index in [1.807, 2.05) is 64.1 Å². The van der Waals surface area contributed by atoms with Gasteiger partial charge in [0.25, 0.3) is 0 Å². The highest BCUT2D eigenvalue weighted by molar-refractivity contribution is 7.79. The predicted molar refractivity (Wildman–Crippen MR) is 138 cm³/mol. The number of rotatable bonds is 8. The summed E-state index contributed by atoms with van der Waals surface area (Å²) in [5.41, 5.74) is 25.3. The van der Waals surface area contributed by atoms with Gasteiger partial charge in [0, 0.05) is 0 Å². The van der Waals surface area contributed by atoms with Gasteiger partial charge in [-0.25, -0.2) is 0 Å². The summed E-state index contributed by atoms with van der Waals surface area (Å²) in [6.45, 7) is 10.0. The maximum Gasteiger partial charge on any atom is 0.394 e. The Hall–Kier alpha value is -3.55. The second-order valence-electron chi connectivity index (χ2n) is 7.20. The molecule has 0 aromatic heterocycles. The maximum atomic E-state index is 8.74. The molecular formula is C22H36N6O6S. The van der Waals surface area contributed by atoms with Crippen LogP contribution < -0.4 is 32.4 Å². The predicted octanol–water partition coefficient (Wildman–Crippen LogP) is 1.26. The van der Waals surface area contributed by atoms with Gasteiger partial charge in [0.2, 0.25) is 0 Å². The Kier molecular flexibility index (Phi) is 14.5. The molecule has 0 aliphatic heterocycles. The van der Waals surface area contributed by atoms with E-state index in [0.29, 0.717) is 26.3 Å². The molecule has 196 valence electrons. The molecule has 0 aliphatic rings. The van der Waals surface area contributed by atoms with Gasteiger partial charge in [-0.3, -0.25) is 19.1 Å². The molecule has 10 N–H and O–H groups in total. The second-order valence-corrected chi connectivity index (χ2v) is 8.10. The molecule has 0 heterocycles. The van der Waals surface area contributed by atoms with Crippen molar-refractivity contribution < 1.29 is 27.0 Å². The highest BCUT2D eigenvalue weighted by atomic mass is 32.3. The molecule has 0 fully saturated rings. The number of para-hydroxylation sites is 2. The van der Waals surface area contributed by atoms with Crippen LogP contribution in [0.3, 0.4) is 0 Å². The highest BCUT2D eigenvalue weighted by Crippen LogP contribution is 2.22. The first-order chi connectivity index (χ1) is 16.2. The number of aliphatic imine (C=N–C) groups is 2. The Balaban J connectivity index is 0.000000555. The van der Waals surface area contributed by atoms with Gasteiger partial charge in [-0.15, -0.1) is 0 Å². The van der Waals surface area contributed by atoms with E-state index in [1.165, 1.54) is 0 Å². The first-order valence-corrected chi connectivity index (χ1v) is 11.8. The summed E-state index contributed by atoms with van der Waals surface area (Å²) >= 11 is 0. The van der Waals surface area contributed by atoms with Crippen LogP contribution in [-0.4, -0.2) is 55.7 Å². The summed E-state index contributed by atoms with van der Waals surface area (Å²) in [7, 11) is -4.67. The molecule has 35 heavy (non-hydrogen) atoms. The molecular weight excluding hydrogens is 476 g/mol. The summed E-state index contributed by atoms with van der Waals surface area (Å²) in [6, 6.07) is 12.1. The van der Waals surface area contributed by atoms with Gasteiger partial charge in [0.1, 0.15) is 24.7 Å². The van der Waals surface area contributed by atoms with Crippen molar-refractivity contribution in [3.63, 3.8) is 0 Å². The van der Waals surface area contributed by atoms with Crippen LogP contribution >= 0.6 is 0 Å².